The van der Waals surface area contributed by atoms with Crippen LogP contribution in [0.5, 0.6) is 0 Å². The van der Waals surface area contributed by atoms with Gasteiger partial charge >= 0.3 is 6.03 Å². The van der Waals surface area contributed by atoms with Crippen LogP contribution in [0.2, 0.25) is 0 Å². The zero-order chi connectivity index (χ0) is 18.5. The Labute approximate surface area is 154 Å². The lowest BCUT2D eigenvalue weighted by Gasteiger charge is -2.41. The molecule has 1 fully saturated rings. The summed E-state index contributed by atoms with van der Waals surface area (Å²) in [4.78, 5) is 26.3. The first-order chi connectivity index (χ1) is 12.5. The molecule has 2 N–H and O–H groups in total. The van der Waals surface area contributed by atoms with Gasteiger partial charge in [0.1, 0.15) is 0 Å². The number of hydrogen-bond donors (Lipinski definition) is 2. The molecule has 1 atom stereocenters. The lowest BCUT2D eigenvalue weighted by atomic mass is 9.93. The van der Waals surface area contributed by atoms with E-state index in [4.69, 9.17) is 0 Å². The quantitative estimate of drug-likeness (QED) is 0.866. The lowest BCUT2D eigenvalue weighted by Crippen LogP contribution is -2.45. The van der Waals surface area contributed by atoms with E-state index in [0.717, 1.165) is 18.5 Å². The van der Waals surface area contributed by atoms with Crippen LogP contribution in [-0.4, -0.2) is 29.4 Å². The third kappa shape index (κ3) is 4.23. The van der Waals surface area contributed by atoms with Gasteiger partial charge in [0.25, 0.3) is 5.91 Å². The second-order valence-corrected chi connectivity index (χ2v) is 6.89. The zero-order valence-corrected chi connectivity index (χ0v) is 15.2. The van der Waals surface area contributed by atoms with Gasteiger partial charge in [0.15, 0.2) is 0 Å². The van der Waals surface area contributed by atoms with E-state index in [1.165, 1.54) is 5.56 Å². The molecule has 0 radical (unpaired) electrons. The molecule has 0 bridgehead atoms. The van der Waals surface area contributed by atoms with E-state index in [2.05, 4.69) is 22.8 Å². The zero-order valence-electron chi connectivity index (χ0n) is 15.2. The standard InChI is InChI=1S/C21H25N3O2/c1-15(2)23-21(26)22-14-16-8-10-18(11-9-16)20(25)24-13-12-19(24)17-6-4-3-5-7-17/h3-11,15,19H,12-14H2,1-2H3,(H2,22,23,26)/t19-/m0/s1. The highest BCUT2D eigenvalue weighted by Gasteiger charge is 2.33. The van der Waals surface area contributed by atoms with Crippen molar-refractivity contribution in [3.8, 4) is 0 Å². The molecule has 26 heavy (non-hydrogen) atoms. The van der Waals surface area contributed by atoms with E-state index in [1.54, 1.807) is 0 Å². The SMILES string of the molecule is CC(C)NC(=O)NCc1ccc(C(=O)N2CC[C@H]2c2ccccc2)cc1. The maximum atomic E-state index is 12.8. The molecule has 1 saturated heterocycles. The number of carbonyl (C=O) groups excluding carboxylic acids is 2. The van der Waals surface area contributed by atoms with Crippen LogP contribution in [0.4, 0.5) is 4.79 Å². The Bertz CT molecular complexity index is 757. The minimum absolute atomic E-state index is 0.0576. The smallest absolute Gasteiger partial charge is 0.315 e. The summed E-state index contributed by atoms with van der Waals surface area (Å²) in [7, 11) is 0. The fraction of sp³-hybridized carbons (Fsp3) is 0.333. The van der Waals surface area contributed by atoms with Crippen LogP contribution < -0.4 is 10.6 Å². The maximum absolute atomic E-state index is 12.8. The van der Waals surface area contributed by atoms with Crippen molar-refractivity contribution in [1.29, 1.82) is 0 Å². The number of carbonyl (C=O) groups is 2. The van der Waals surface area contributed by atoms with Gasteiger partial charge in [-0.3, -0.25) is 4.79 Å². The second kappa shape index (κ2) is 8.04. The Hall–Kier alpha value is -2.82. The van der Waals surface area contributed by atoms with E-state index in [-0.39, 0.29) is 24.0 Å². The molecule has 1 heterocycles. The summed E-state index contributed by atoms with van der Waals surface area (Å²) >= 11 is 0. The van der Waals surface area contributed by atoms with Gasteiger partial charge < -0.3 is 15.5 Å². The summed E-state index contributed by atoms with van der Waals surface area (Å²) in [5.74, 6) is 0.0576. The van der Waals surface area contributed by atoms with E-state index in [1.807, 2.05) is 61.2 Å². The number of amides is 3. The molecular formula is C21H25N3O2. The third-order valence-electron chi connectivity index (χ3n) is 4.54. The highest BCUT2D eigenvalue weighted by atomic mass is 16.2. The van der Waals surface area contributed by atoms with Gasteiger partial charge in [-0.1, -0.05) is 42.5 Å². The number of rotatable bonds is 5. The minimum atomic E-state index is -0.188. The van der Waals surface area contributed by atoms with Crippen molar-refractivity contribution in [2.45, 2.75) is 38.9 Å². The molecule has 5 nitrogen and oxygen atoms in total. The molecule has 3 rings (SSSR count). The highest BCUT2D eigenvalue weighted by Crippen LogP contribution is 2.34. The largest absolute Gasteiger partial charge is 0.336 e. The summed E-state index contributed by atoms with van der Waals surface area (Å²) in [5.41, 5.74) is 2.83. The number of nitrogens with zero attached hydrogens (tertiary/aromatic N) is 1. The molecule has 2 aromatic rings. The predicted molar refractivity (Wildman–Crippen MR) is 102 cm³/mol. The Kier molecular flexibility index (Phi) is 5.56. The van der Waals surface area contributed by atoms with Crippen molar-refractivity contribution in [2.24, 2.45) is 0 Å². The molecule has 0 aromatic heterocycles. The van der Waals surface area contributed by atoms with Crippen molar-refractivity contribution < 1.29 is 9.59 Å². The monoisotopic (exact) mass is 351 g/mol. The molecule has 5 heteroatoms. The number of benzene rings is 2. The van der Waals surface area contributed by atoms with Crippen LogP contribution in [0.15, 0.2) is 54.6 Å². The first kappa shape index (κ1) is 18.0. The predicted octanol–water partition coefficient (Wildman–Crippen LogP) is 3.48. The summed E-state index contributed by atoms with van der Waals surface area (Å²) in [6.45, 7) is 5.05. The third-order valence-corrected chi connectivity index (χ3v) is 4.54. The fourth-order valence-corrected chi connectivity index (χ4v) is 3.08. The number of urea groups is 1. The van der Waals surface area contributed by atoms with Gasteiger partial charge in [-0.15, -0.1) is 0 Å². The van der Waals surface area contributed by atoms with Gasteiger partial charge in [0.2, 0.25) is 0 Å². The van der Waals surface area contributed by atoms with Crippen LogP contribution in [-0.2, 0) is 6.54 Å². The molecular weight excluding hydrogens is 326 g/mol. The first-order valence-electron chi connectivity index (χ1n) is 9.04. The van der Waals surface area contributed by atoms with Gasteiger partial charge in [-0.25, -0.2) is 4.79 Å². The second-order valence-electron chi connectivity index (χ2n) is 6.89. The van der Waals surface area contributed by atoms with Crippen LogP contribution in [0, 0.1) is 0 Å². The molecule has 0 saturated carbocycles. The van der Waals surface area contributed by atoms with Gasteiger partial charge in [0, 0.05) is 24.7 Å². The van der Waals surface area contributed by atoms with Gasteiger partial charge in [-0.2, -0.15) is 0 Å². The Morgan fingerprint density at radius 3 is 2.35 bits per heavy atom. The Balaban J connectivity index is 1.58. The lowest BCUT2D eigenvalue weighted by molar-refractivity contribution is 0.0460. The fourth-order valence-electron chi connectivity index (χ4n) is 3.08. The van der Waals surface area contributed by atoms with E-state index >= 15 is 0 Å². The molecule has 0 aliphatic carbocycles. The van der Waals surface area contributed by atoms with E-state index < -0.39 is 0 Å². The Morgan fingerprint density at radius 2 is 1.77 bits per heavy atom. The first-order valence-corrected chi connectivity index (χ1v) is 9.04. The van der Waals surface area contributed by atoms with Gasteiger partial charge in [-0.05, 0) is 43.5 Å². The minimum Gasteiger partial charge on any atom is -0.336 e. The molecule has 0 unspecified atom stereocenters. The van der Waals surface area contributed by atoms with Crippen LogP contribution >= 0.6 is 0 Å². The van der Waals surface area contributed by atoms with Crippen molar-refractivity contribution >= 4 is 11.9 Å². The normalized spacial score (nSPS) is 16.1. The number of likely N-dealkylation sites (tertiary alicyclic amines) is 1. The van der Waals surface area contributed by atoms with Crippen LogP contribution in [0.1, 0.15) is 47.8 Å². The molecule has 3 amide bonds. The maximum Gasteiger partial charge on any atom is 0.315 e. The van der Waals surface area contributed by atoms with Crippen molar-refractivity contribution in [3.63, 3.8) is 0 Å². The average molecular weight is 351 g/mol. The highest BCUT2D eigenvalue weighted by molar-refractivity contribution is 5.95. The molecule has 0 spiro atoms. The summed E-state index contributed by atoms with van der Waals surface area (Å²) in [6, 6.07) is 17.7. The Morgan fingerprint density at radius 1 is 1.08 bits per heavy atom. The molecule has 2 aromatic carbocycles. The summed E-state index contributed by atoms with van der Waals surface area (Å²) in [5, 5.41) is 5.59. The molecule has 1 aliphatic heterocycles. The van der Waals surface area contributed by atoms with Crippen molar-refractivity contribution in [1.82, 2.24) is 15.5 Å². The average Bonchev–Trinajstić information content (AvgIpc) is 2.60. The van der Waals surface area contributed by atoms with E-state index in [0.29, 0.717) is 12.1 Å². The molecule has 136 valence electrons. The van der Waals surface area contributed by atoms with Crippen molar-refractivity contribution in [3.05, 3.63) is 71.3 Å². The summed E-state index contributed by atoms with van der Waals surface area (Å²) < 4.78 is 0. The topological polar surface area (TPSA) is 61.4 Å². The van der Waals surface area contributed by atoms with Crippen LogP contribution in [0.25, 0.3) is 0 Å². The summed E-state index contributed by atoms with van der Waals surface area (Å²) in [6.07, 6.45) is 1.00. The van der Waals surface area contributed by atoms with E-state index in [9.17, 15) is 9.59 Å². The number of hydrogen-bond acceptors (Lipinski definition) is 2. The van der Waals surface area contributed by atoms with Crippen molar-refractivity contribution in [2.75, 3.05) is 6.54 Å². The van der Waals surface area contributed by atoms with Gasteiger partial charge in [0.05, 0.1) is 6.04 Å². The number of nitrogens with one attached hydrogen (secondary N) is 2. The van der Waals surface area contributed by atoms with Crippen LogP contribution in [0.3, 0.4) is 0 Å². The molecule has 1 aliphatic rings.